The molecular formula is C16H24F3N3OS. The molecule has 1 aromatic rings. The molecule has 0 unspecified atom stereocenters. The summed E-state index contributed by atoms with van der Waals surface area (Å²) < 4.78 is 43.1. The van der Waals surface area contributed by atoms with Crippen LogP contribution in [0.1, 0.15) is 25.3 Å². The van der Waals surface area contributed by atoms with Gasteiger partial charge in [0.05, 0.1) is 12.1 Å². The lowest BCUT2D eigenvalue weighted by molar-refractivity contribution is -0.0506. The summed E-state index contributed by atoms with van der Waals surface area (Å²) in [5.41, 5.74) is 0.0115. The first-order chi connectivity index (χ1) is 11.6. The van der Waals surface area contributed by atoms with Gasteiger partial charge in [-0.3, -0.25) is 0 Å². The molecule has 0 bridgehead atoms. The maximum atomic E-state index is 13.9. The van der Waals surface area contributed by atoms with Gasteiger partial charge in [-0.15, -0.1) is 0 Å². The lowest BCUT2D eigenvalue weighted by Crippen LogP contribution is -2.37. The number of halogens is 3. The summed E-state index contributed by atoms with van der Waals surface area (Å²) in [6.07, 6.45) is 4.14. The zero-order chi connectivity index (χ0) is 17.8. The third-order valence-corrected chi connectivity index (χ3v) is 3.80. The number of nitrogens with zero attached hydrogens (tertiary/aromatic N) is 1. The minimum Gasteiger partial charge on any atom is -0.434 e. The topological polar surface area (TPSA) is 45.7 Å². The van der Waals surface area contributed by atoms with Crippen molar-refractivity contribution in [3.63, 3.8) is 0 Å². The van der Waals surface area contributed by atoms with Crippen LogP contribution in [0.3, 0.4) is 0 Å². The normalized spacial score (nSPS) is 11.7. The molecule has 0 aliphatic carbocycles. The molecule has 0 aromatic heterocycles. The van der Waals surface area contributed by atoms with E-state index in [0.29, 0.717) is 12.5 Å². The number of aliphatic imine (C=N–C) groups is 1. The van der Waals surface area contributed by atoms with E-state index in [9.17, 15) is 13.2 Å². The van der Waals surface area contributed by atoms with Crippen LogP contribution in [0.15, 0.2) is 23.2 Å². The second-order valence-corrected chi connectivity index (χ2v) is 5.90. The number of hydrogen-bond acceptors (Lipinski definition) is 3. The Morgan fingerprint density at radius 2 is 2.08 bits per heavy atom. The van der Waals surface area contributed by atoms with E-state index in [1.165, 1.54) is 18.2 Å². The summed E-state index contributed by atoms with van der Waals surface area (Å²) in [6, 6.07) is 3.84. The second-order valence-electron chi connectivity index (χ2n) is 4.92. The molecule has 8 heteroatoms. The first-order valence-corrected chi connectivity index (χ1v) is 9.21. The maximum absolute atomic E-state index is 13.9. The van der Waals surface area contributed by atoms with Crippen molar-refractivity contribution in [3.8, 4) is 5.75 Å². The van der Waals surface area contributed by atoms with E-state index in [1.807, 2.05) is 6.92 Å². The Kier molecular flexibility index (Phi) is 10.1. The third-order valence-electron chi connectivity index (χ3n) is 3.10. The second kappa shape index (κ2) is 11.9. The van der Waals surface area contributed by atoms with E-state index >= 15 is 0 Å². The zero-order valence-corrected chi connectivity index (χ0v) is 14.8. The van der Waals surface area contributed by atoms with Crippen LogP contribution in [0, 0.1) is 5.82 Å². The first kappa shape index (κ1) is 20.5. The number of rotatable bonds is 10. The maximum Gasteiger partial charge on any atom is 0.387 e. The highest BCUT2D eigenvalue weighted by Gasteiger charge is 2.13. The van der Waals surface area contributed by atoms with Crippen molar-refractivity contribution < 1.29 is 17.9 Å². The highest BCUT2D eigenvalue weighted by atomic mass is 32.2. The predicted octanol–water partition coefficient (Wildman–Crippen LogP) is 3.63. The summed E-state index contributed by atoms with van der Waals surface area (Å²) in [5.74, 6) is 0.809. The first-order valence-electron chi connectivity index (χ1n) is 7.81. The molecule has 0 fully saturated rings. The van der Waals surface area contributed by atoms with Gasteiger partial charge in [-0.2, -0.15) is 20.5 Å². The van der Waals surface area contributed by atoms with Crippen LogP contribution < -0.4 is 15.4 Å². The van der Waals surface area contributed by atoms with Crippen LogP contribution in [0.25, 0.3) is 0 Å². The lowest BCUT2D eigenvalue weighted by atomic mass is 10.2. The summed E-state index contributed by atoms with van der Waals surface area (Å²) in [5, 5.41) is 6.19. The molecule has 2 N–H and O–H groups in total. The van der Waals surface area contributed by atoms with Crippen molar-refractivity contribution in [2.75, 3.05) is 25.1 Å². The number of benzene rings is 1. The van der Waals surface area contributed by atoms with Crippen molar-refractivity contribution in [3.05, 3.63) is 29.6 Å². The molecule has 0 spiro atoms. The Balaban J connectivity index is 2.71. The monoisotopic (exact) mass is 363 g/mol. The quantitative estimate of drug-likeness (QED) is 0.379. The Morgan fingerprint density at radius 3 is 2.75 bits per heavy atom. The van der Waals surface area contributed by atoms with Crippen molar-refractivity contribution in [2.24, 2.45) is 4.99 Å². The van der Waals surface area contributed by atoms with Crippen molar-refractivity contribution >= 4 is 17.7 Å². The minimum absolute atomic E-state index is 0.0115. The van der Waals surface area contributed by atoms with Gasteiger partial charge in [0.25, 0.3) is 0 Å². The van der Waals surface area contributed by atoms with Gasteiger partial charge >= 0.3 is 6.61 Å². The average Bonchev–Trinajstić information content (AvgIpc) is 2.53. The van der Waals surface area contributed by atoms with E-state index in [0.717, 1.165) is 25.1 Å². The summed E-state index contributed by atoms with van der Waals surface area (Å²) >= 11 is 1.80. The fourth-order valence-corrected chi connectivity index (χ4v) is 2.47. The van der Waals surface area contributed by atoms with Gasteiger partial charge in [0, 0.05) is 13.1 Å². The van der Waals surface area contributed by atoms with Crippen LogP contribution in [-0.4, -0.2) is 37.7 Å². The summed E-state index contributed by atoms with van der Waals surface area (Å²) in [6.45, 7) is 0.212. The predicted molar refractivity (Wildman–Crippen MR) is 93.5 cm³/mol. The van der Waals surface area contributed by atoms with Crippen LogP contribution >= 0.6 is 11.8 Å². The van der Waals surface area contributed by atoms with Crippen LogP contribution in [0.2, 0.25) is 0 Å². The molecule has 0 heterocycles. The molecule has 0 atom stereocenters. The molecule has 0 amide bonds. The largest absolute Gasteiger partial charge is 0.434 e. The molecule has 1 rings (SSSR count). The third kappa shape index (κ3) is 7.81. The fourth-order valence-electron chi connectivity index (χ4n) is 1.98. The van der Waals surface area contributed by atoms with Gasteiger partial charge in [-0.1, -0.05) is 6.07 Å². The van der Waals surface area contributed by atoms with Crippen LogP contribution in [0.4, 0.5) is 13.2 Å². The van der Waals surface area contributed by atoms with Crippen LogP contribution in [-0.2, 0) is 6.54 Å². The van der Waals surface area contributed by atoms with Gasteiger partial charge in [-0.05, 0) is 43.9 Å². The number of guanidine groups is 1. The molecular weight excluding hydrogens is 339 g/mol. The number of alkyl halides is 2. The Labute approximate surface area is 145 Å². The zero-order valence-electron chi connectivity index (χ0n) is 13.9. The SMILES string of the molecule is CCNC(=NCc1c(F)cccc1OC(F)F)NCCCCSC. The lowest BCUT2D eigenvalue weighted by Gasteiger charge is -2.13. The number of unbranched alkanes of at least 4 members (excludes halogenated alkanes) is 1. The highest BCUT2D eigenvalue weighted by Crippen LogP contribution is 2.24. The van der Waals surface area contributed by atoms with Gasteiger partial charge in [0.2, 0.25) is 0 Å². The Morgan fingerprint density at radius 1 is 1.29 bits per heavy atom. The molecule has 0 radical (unpaired) electrons. The number of thioether (sulfide) groups is 1. The molecule has 0 aliphatic rings. The van der Waals surface area contributed by atoms with Crippen molar-refractivity contribution in [1.29, 1.82) is 0 Å². The van der Waals surface area contributed by atoms with E-state index < -0.39 is 12.4 Å². The Hall–Kier alpha value is -1.57. The molecule has 4 nitrogen and oxygen atoms in total. The van der Waals surface area contributed by atoms with E-state index in [2.05, 4.69) is 26.6 Å². The summed E-state index contributed by atoms with van der Waals surface area (Å²) in [4.78, 5) is 4.25. The van der Waals surface area contributed by atoms with Gasteiger partial charge in [0.1, 0.15) is 11.6 Å². The van der Waals surface area contributed by atoms with Crippen molar-refractivity contribution in [1.82, 2.24) is 10.6 Å². The smallest absolute Gasteiger partial charge is 0.387 e. The van der Waals surface area contributed by atoms with E-state index in [1.54, 1.807) is 11.8 Å². The van der Waals surface area contributed by atoms with E-state index in [4.69, 9.17) is 0 Å². The van der Waals surface area contributed by atoms with Crippen molar-refractivity contribution in [2.45, 2.75) is 32.9 Å². The van der Waals surface area contributed by atoms with Gasteiger partial charge < -0.3 is 15.4 Å². The number of hydrogen-bond donors (Lipinski definition) is 2. The number of nitrogens with one attached hydrogen (secondary N) is 2. The molecule has 1 aromatic carbocycles. The molecule has 24 heavy (non-hydrogen) atoms. The molecule has 136 valence electrons. The Bertz CT molecular complexity index is 515. The number of ether oxygens (including phenoxy) is 1. The highest BCUT2D eigenvalue weighted by molar-refractivity contribution is 7.98. The minimum atomic E-state index is -3.00. The van der Waals surface area contributed by atoms with Crippen LogP contribution in [0.5, 0.6) is 5.75 Å². The van der Waals surface area contributed by atoms with E-state index in [-0.39, 0.29) is 17.9 Å². The standard InChI is InChI=1S/C16H24F3N3OS/c1-3-20-16(21-9-4-5-10-24-2)22-11-12-13(17)7-6-8-14(12)23-15(18)19/h6-8,15H,3-5,9-11H2,1-2H3,(H2,20,21,22). The average molecular weight is 363 g/mol. The fraction of sp³-hybridized carbons (Fsp3) is 0.562. The van der Waals surface area contributed by atoms with Gasteiger partial charge in [-0.25, -0.2) is 9.38 Å². The summed E-state index contributed by atoms with van der Waals surface area (Å²) in [7, 11) is 0. The molecule has 0 aliphatic heterocycles. The molecule has 0 saturated heterocycles. The molecule has 0 saturated carbocycles. The van der Waals surface area contributed by atoms with Gasteiger partial charge in [0.15, 0.2) is 5.96 Å².